The van der Waals surface area contributed by atoms with Crippen molar-refractivity contribution in [1.29, 1.82) is 0 Å². The lowest BCUT2D eigenvalue weighted by atomic mass is 9.93. The van der Waals surface area contributed by atoms with Gasteiger partial charge >= 0.3 is 0 Å². The van der Waals surface area contributed by atoms with Gasteiger partial charge in [0.15, 0.2) is 5.96 Å². The number of nitrogens with two attached hydrogens (primary N) is 2. The quantitative estimate of drug-likeness (QED) is 0.191. The molecule has 9 nitrogen and oxygen atoms in total. The summed E-state index contributed by atoms with van der Waals surface area (Å²) in [4.78, 5) is 45.0. The minimum Gasteiger partial charge on any atom is -0.370 e. The maximum Gasteiger partial charge on any atom is 0.243 e. The van der Waals surface area contributed by atoms with Crippen molar-refractivity contribution in [1.82, 2.24) is 15.1 Å². The number of hydrogen-bond acceptors (Lipinski definition) is 5. The average Bonchev–Trinajstić information content (AvgIpc) is 3.26. The van der Waals surface area contributed by atoms with Gasteiger partial charge in [0.2, 0.25) is 11.8 Å². The smallest absolute Gasteiger partial charge is 0.243 e. The van der Waals surface area contributed by atoms with Crippen molar-refractivity contribution >= 4 is 36.5 Å². The number of halogens is 1. The van der Waals surface area contributed by atoms with Crippen molar-refractivity contribution in [2.75, 3.05) is 20.1 Å². The van der Waals surface area contributed by atoms with Gasteiger partial charge in [0, 0.05) is 20.5 Å². The summed E-state index contributed by atoms with van der Waals surface area (Å²) < 4.78 is 7.96. The van der Waals surface area contributed by atoms with Crippen LogP contribution in [-0.2, 0) is 14.4 Å². The molecule has 0 aromatic heterocycles. The first kappa shape index (κ1) is 25.4. The van der Waals surface area contributed by atoms with Gasteiger partial charge in [0.1, 0.15) is 12.3 Å². The Morgan fingerprint density at radius 2 is 1.97 bits per heavy atom. The van der Waals surface area contributed by atoms with Gasteiger partial charge in [-0.3, -0.25) is 19.5 Å². The third-order valence-electron chi connectivity index (χ3n) is 6.20. The van der Waals surface area contributed by atoms with Crippen LogP contribution in [-0.4, -0.2) is 78.1 Å². The first-order valence-corrected chi connectivity index (χ1v) is 11.1. The van der Waals surface area contributed by atoms with Crippen LogP contribution in [0, 0.1) is 0 Å². The normalized spacial score (nSPS) is 21.5. The summed E-state index contributed by atoms with van der Waals surface area (Å²) in [5, 5.41) is 2.76. The number of aliphatic imine (C=N–C) groups is 1. The molecule has 0 aromatic carbocycles. The van der Waals surface area contributed by atoms with Crippen LogP contribution in [0.15, 0.2) is 4.99 Å². The van der Waals surface area contributed by atoms with Gasteiger partial charge in [-0.15, -0.1) is 12.4 Å². The highest BCUT2D eigenvalue weighted by Gasteiger charge is 2.38. The van der Waals surface area contributed by atoms with E-state index in [-0.39, 0.29) is 43.2 Å². The Balaban J connectivity index is 0.00000512. The number of carbonyl (C=O) groups is 3. The first-order valence-electron chi connectivity index (χ1n) is 11.8. The summed E-state index contributed by atoms with van der Waals surface area (Å²) in [6.45, 7) is 2.75. The van der Waals surface area contributed by atoms with Crippen LogP contribution in [0.5, 0.6) is 0 Å². The van der Waals surface area contributed by atoms with Crippen molar-refractivity contribution in [2.45, 2.75) is 88.9 Å². The molecule has 0 bridgehead atoms. The van der Waals surface area contributed by atoms with E-state index in [0.29, 0.717) is 38.6 Å². The third kappa shape index (κ3) is 7.96. The van der Waals surface area contributed by atoms with Crippen molar-refractivity contribution in [3.05, 3.63) is 0 Å². The molecule has 2 fully saturated rings. The highest BCUT2D eigenvalue weighted by molar-refractivity contribution is 5.91. The highest BCUT2D eigenvalue weighted by atomic mass is 35.5. The number of hydrogen-bond donors (Lipinski definition) is 3. The maximum absolute atomic E-state index is 13.2. The van der Waals surface area contributed by atoms with E-state index in [4.69, 9.17) is 12.8 Å². The van der Waals surface area contributed by atoms with Crippen molar-refractivity contribution < 1.29 is 15.8 Å². The largest absolute Gasteiger partial charge is 0.370 e. The number of likely N-dealkylation sites (N-methyl/N-ethyl adjacent to an activating group) is 1. The predicted molar refractivity (Wildman–Crippen MR) is 124 cm³/mol. The second kappa shape index (κ2) is 13.5. The Morgan fingerprint density at radius 3 is 2.58 bits per heavy atom. The monoisotopic (exact) mass is 459 g/mol. The number of nitrogens with one attached hydrogen (secondary N) is 1. The van der Waals surface area contributed by atoms with Crippen LogP contribution >= 0.6 is 12.4 Å². The molecule has 1 aliphatic heterocycles. The fraction of sp³-hybridized carbons (Fsp3) is 0.810. The third-order valence-corrected chi connectivity index (χ3v) is 6.20. The Kier molecular flexibility index (Phi) is 11.1. The lowest BCUT2D eigenvalue weighted by Gasteiger charge is -2.37. The molecular formula is C21H39ClN6O3. The van der Waals surface area contributed by atoms with Crippen LogP contribution in [0.25, 0.3) is 0 Å². The van der Waals surface area contributed by atoms with Gasteiger partial charge in [0.25, 0.3) is 0 Å². The zero-order valence-electron chi connectivity index (χ0n) is 19.5. The minimum atomic E-state index is -0.636. The number of nitrogens with zero attached hydrogens (tertiary/aromatic N) is 3. The molecule has 2 amide bonds. The summed E-state index contributed by atoms with van der Waals surface area (Å²) in [5.74, 6) is -0.408. The summed E-state index contributed by atoms with van der Waals surface area (Å²) in [6.07, 6.45) is 8.53. The number of aldehydes is 1. The minimum absolute atomic E-state index is 0. The molecule has 0 aromatic rings. The lowest BCUT2D eigenvalue weighted by molar-refractivity contribution is -0.143. The first-order chi connectivity index (χ1) is 14.9. The Labute approximate surface area is 193 Å². The number of likely N-dealkylation sites (tertiary alicyclic amines) is 1. The molecule has 2 rings (SSSR count). The summed E-state index contributed by atoms with van der Waals surface area (Å²) >= 11 is 0. The summed E-state index contributed by atoms with van der Waals surface area (Å²) in [5.41, 5.74) is 10.6. The molecular weight excluding hydrogens is 420 g/mol. The molecule has 178 valence electrons. The Morgan fingerprint density at radius 1 is 1.26 bits per heavy atom. The molecule has 2 aliphatic rings. The van der Waals surface area contributed by atoms with E-state index in [1.165, 1.54) is 6.42 Å². The van der Waals surface area contributed by atoms with Gasteiger partial charge < -0.3 is 26.5 Å². The molecule has 0 radical (unpaired) electrons. The van der Waals surface area contributed by atoms with Gasteiger partial charge in [-0.2, -0.15) is 0 Å². The fourth-order valence-electron chi connectivity index (χ4n) is 4.39. The molecule has 1 heterocycles. The summed E-state index contributed by atoms with van der Waals surface area (Å²) in [6, 6.07) is -1.39. The molecule has 10 heteroatoms. The van der Waals surface area contributed by atoms with Crippen LogP contribution in [0.3, 0.4) is 0 Å². The number of guanidine groups is 1. The van der Waals surface area contributed by atoms with E-state index in [1.807, 2.05) is 11.8 Å². The van der Waals surface area contributed by atoms with E-state index in [1.54, 1.807) is 4.90 Å². The van der Waals surface area contributed by atoms with Crippen molar-refractivity contribution in [3.8, 4) is 0 Å². The predicted octanol–water partition coefficient (Wildman–Crippen LogP) is 0.790. The topological polar surface area (TPSA) is 134 Å². The van der Waals surface area contributed by atoms with E-state index in [0.717, 1.165) is 32.1 Å². The average molecular weight is 460 g/mol. The van der Waals surface area contributed by atoms with Crippen LogP contribution in [0.1, 0.15) is 66.1 Å². The SMILES string of the molecule is Cl.[2H]CN(C1CCCCC1)[C@@H](C)C(=O)N1CCC[C@H]1C(=O)N[C@H](C=O)CCCN=C(N)N. The molecule has 5 N–H and O–H groups in total. The second-order valence-corrected chi connectivity index (χ2v) is 8.37. The molecule has 1 saturated carbocycles. The molecule has 1 aliphatic carbocycles. The molecule has 0 spiro atoms. The van der Waals surface area contributed by atoms with Crippen molar-refractivity contribution in [2.24, 2.45) is 16.5 Å². The molecule has 3 atom stereocenters. The fourth-order valence-corrected chi connectivity index (χ4v) is 4.39. The number of rotatable bonds is 10. The van der Waals surface area contributed by atoms with Crippen molar-refractivity contribution in [3.63, 3.8) is 0 Å². The second-order valence-electron chi connectivity index (χ2n) is 8.37. The van der Waals surface area contributed by atoms with Crippen LogP contribution in [0.2, 0.25) is 0 Å². The Bertz CT molecular complexity index is 643. The standard InChI is InChI=1S/C21H38N6O3.ClH/c1-15(26(2)17-9-4-3-5-10-17)20(30)27-13-7-11-18(27)19(29)25-16(14-28)8-6-12-24-21(22)23;/h14-18H,3-13H2,1-2H3,(H,25,29)(H4,22,23,24);1H/t15-,16-,18-;/m0./s1/i2D;. The summed E-state index contributed by atoms with van der Waals surface area (Å²) in [7, 11) is 0.0747. The van der Waals surface area contributed by atoms with Gasteiger partial charge in [0.05, 0.1) is 12.1 Å². The van der Waals surface area contributed by atoms with Crippen LogP contribution in [0.4, 0.5) is 0 Å². The molecule has 31 heavy (non-hydrogen) atoms. The van der Waals surface area contributed by atoms with Gasteiger partial charge in [-0.1, -0.05) is 19.3 Å². The molecule has 0 unspecified atom stereocenters. The van der Waals surface area contributed by atoms with E-state index in [2.05, 4.69) is 10.3 Å². The zero-order chi connectivity index (χ0) is 22.8. The van der Waals surface area contributed by atoms with E-state index >= 15 is 0 Å². The van der Waals surface area contributed by atoms with Gasteiger partial charge in [-0.25, -0.2) is 0 Å². The Hall–Kier alpha value is -1.87. The molecule has 1 saturated heterocycles. The van der Waals surface area contributed by atoms with Gasteiger partial charge in [-0.05, 0) is 52.5 Å². The zero-order valence-corrected chi connectivity index (χ0v) is 19.3. The van der Waals surface area contributed by atoms with Crippen LogP contribution < -0.4 is 16.8 Å². The number of amides is 2. The van der Waals surface area contributed by atoms with E-state index in [9.17, 15) is 14.4 Å². The number of carbonyl (C=O) groups excluding carboxylic acids is 3. The van der Waals surface area contributed by atoms with E-state index < -0.39 is 18.1 Å². The lowest BCUT2D eigenvalue weighted by Crippen LogP contribution is -2.54. The highest BCUT2D eigenvalue weighted by Crippen LogP contribution is 2.25. The maximum atomic E-state index is 13.2.